The Hall–Kier alpha value is -1.67. The molecule has 232 valence electrons. The first-order valence-electron chi connectivity index (χ1n) is 14.9. The van der Waals surface area contributed by atoms with Crippen molar-refractivity contribution in [2.24, 2.45) is 34.5 Å². The van der Waals surface area contributed by atoms with Gasteiger partial charge in [0.15, 0.2) is 0 Å². The molecule has 5 aliphatic carbocycles. The number of fused-ring (bicyclic) bond motifs is 2. The van der Waals surface area contributed by atoms with Crippen molar-refractivity contribution in [3.8, 4) is 0 Å². The van der Waals surface area contributed by atoms with Crippen LogP contribution in [-0.4, -0.2) is 134 Å². The molecular formula is C31H43NO10. The molecular weight excluding hydrogens is 546 g/mol. The van der Waals surface area contributed by atoms with Crippen LogP contribution in [0.1, 0.15) is 23.2 Å². The lowest BCUT2D eigenvalue weighted by Gasteiger charge is -2.69. The number of carbonyl (C=O) groups is 1. The molecule has 1 aromatic rings. The molecule has 1 saturated heterocycles. The first-order valence-corrected chi connectivity index (χ1v) is 14.9. The first kappa shape index (κ1) is 29.1. The summed E-state index contributed by atoms with van der Waals surface area (Å²) in [5.41, 5.74) is -4.81. The average molecular weight is 590 g/mol. The van der Waals surface area contributed by atoms with Gasteiger partial charge in [0.05, 0.1) is 30.5 Å². The van der Waals surface area contributed by atoms with E-state index < -0.39 is 82.4 Å². The molecule has 42 heavy (non-hydrogen) atoms. The van der Waals surface area contributed by atoms with E-state index in [0.29, 0.717) is 18.5 Å². The van der Waals surface area contributed by atoms with Crippen molar-refractivity contribution in [2.45, 2.75) is 66.7 Å². The highest BCUT2D eigenvalue weighted by Gasteiger charge is 2.91. The lowest BCUT2D eigenvalue weighted by atomic mass is 9.42. The summed E-state index contributed by atoms with van der Waals surface area (Å²) in [6.45, 7) is 0.760. The van der Waals surface area contributed by atoms with Crippen LogP contribution in [0, 0.1) is 34.5 Å². The lowest BCUT2D eigenvalue weighted by molar-refractivity contribution is -0.318. The zero-order chi connectivity index (χ0) is 30.0. The van der Waals surface area contributed by atoms with Gasteiger partial charge in [-0.3, -0.25) is 0 Å². The van der Waals surface area contributed by atoms with Gasteiger partial charge in [-0.1, -0.05) is 18.2 Å². The highest BCUT2D eigenvalue weighted by molar-refractivity contribution is 5.89. The number of ether oxygens (including phenoxy) is 5. The molecule has 5 saturated carbocycles. The van der Waals surface area contributed by atoms with E-state index in [1.54, 1.807) is 51.7 Å². The summed E-state index contributed by atoms with van der Waals surface area (Å²) in [6, 6.07) is 8.22. The predicted molar refractivity (Wildman–Crippen MR) is 146 cm³/mol. The van der Waals surface area contributed by atoms with Gasteiger partial charge in [-0.25, -0.2) is 4.79 Å². The summed E-state index contributed by atoms with van der Waals surface area (Å²) >= 11 is 0. The van der Waals surface area contributed by atoms with Gasteiger partial charge in [-0.2, -0.15) is 0 Å². The summed E-state index contributed by atoms with van der Waals surface area (Å²) in [7, 11) is 8.22. The number of rotatable bonds is 7. The topological polar surface area (TPSA) is 147 Å². The van der Waals surface area contributed by atoms with Crippen molar-refractivity contribution in [3.05, 3.63) is 35.9 Å². The Morgan fingerprint density at radius 1 is 1.00 bits per heavy atom. The van der Waals surface area contributed by atoms with E-state index in [2.05, 4.69) is 4.90 Å². The fourth-order valence-electron chi connectivity index (χ4n) is 11.8. The van der Waals surface area contributed by atoms with Crippen molar-refractivity contribution in [1.82, 2.24) is 4.90 Å². The number of hydrogen-bond donors (Lipinski definition) is 4. The summed E-state index contributed by atoms with van der Waals surface area (Å²) in [5.74, 6) is -2.96. The molecule has 0 aromatic heterocycles. The van der Waals surface area contributed by atoms with Gasteiger partial charge in [0.1, 0.15) is 29.5 Å². The smallest absolute Gasteiger partial charge is 0.338 e. The zero-order valence-corrected chi connectivity index (χ0v) is 24.8. The van der Waals surface area contributed by atoms with Gasteiger partial charge in [0.2, 0.25) is 0 Å². The van der Waals surface area contributed by atoms with Crippen molar-refractivity contribution in [1.29, 1.82) is 0 Å². The Morgan fingerprint density at radius 2 is 1.71 bits per heavy atom. The summed E-state index contributed by atoms with van der Waals surface area (Å²) in [4.78, 5) is 15.7. The molecule has 0 amide bonds. The zero-order valence-electron chi connectivity index (χ0n) is 24.8. The highest BCUT2D eigenvalue weighted by atomic mass is 16.6. The van der Waals surface area contributed by atoms with Crippen molar-refractivity contribution in [3.63, 3.8) is 0 Å². The molecule has 11 nitrogen and oxygen atoms in total. The van der Waals surface area contributed by atoms with Gasteiger partial charge in [-0.15, -0.1) is 0 Å². The van der Waals surface area contributed by atoms with Gasteiger partial charge in [0, 0.05) is 76.0 Å². The number of likely N-dealkylation sites (tertiary alicyclic amines) is 1. The summed E-state index contributed by atoms with van der Waals surface area (Å²) in [6.07, 6.45) is -5.28. The molecule has 1 spiro atoms. The molecule has 1 aliphatic heterocycles. The Balaban J connectivity index is 1.47. The van der Waals surface area contributed by atoms with Crippen molar-refractivity contribution >= 4 is 5.97 Å². The normalized spacial score (nSPS) is 53.7. The van der Waals surface area contributed by atoms with Crippen LogP contribution in [-0.2, 0) is 23.7 Å². The maximum Gasteiger partial charge on any atom is 0.338 e. The lowest BCUT2D eigenvalue weighted by Crippen LogP contribution is -2.80. The number of esters is 1. The standard InChI is InChI=1S/C31H43NO10/c1-32-13-28(14-38-2)17(33)11-18(39-3)30-16-12-29(36)25(42-27(35)15-9-7-6-8-10-15)19(16)31(37,24(34)26(29)41-5)20(23(30)32)21(40-4)22(28)30/h6-10,16-26,33-34,36-37H,11-14H2,1-5H3/t16-,17-,18+,19-,20-,21+,22-,23-,24+,25-,26+,28+,29-,30+,31-/m1/s1. The van der Waals surface area contributed by atoms with Gasteiger partial charge < -0.3 is 49.0 Å². The van der Waals surface area contributed by atoms with Crippen LogP contribution in [0.5, 0.6) is 0 Å². The van der Waals surface area contributed by atoms with E-state index in [1.807, 2.05) is 7.05 Å². The van der Waals surface area contributed by atoms with Crippen molar-refractivity contribution < 1.29 is 48.9 Å². The second-order valence-electron chi connectivity index (χ2n) is 13.7. The largest absolute Gasteiger partial charge is 0.455 e. The SMILES string of the molecule is COC[C@]12CN(C)[C@@H]3[C@H]4[C@H](OC)[C@H]1[C@@]3([C@@H](OC)C[C@H]2O)[C@@H]1C[C@@]2(O)[C@H](OC(=O)c3ccccc3)[C@@H]1[C@]4(O)[C@@H](O)[C@@H]2OC. The van der Waals surface area contributed by atoms with E-state index >= 15 is 0 Å². The molecule has 7 rings (SSSR count). The molecule has 7 bridgehead atoms. The quantitative estimate of drug-likeness (QED) is 0.311. The van der Waals surface area contributed by atoms with Crippen LogP contribution < -0.4 is 0 Å². The third kappa shape index (κ3) is 3.05. The molecule has 6 fully saturated rings. The Kier molecular flexibility index (Phi) is 6.52. The number of carbonyl (C=O) groups excluding carboxylic acids is 1. The minimum atomic E-state index is -1.86. The molecule has 6 aliphatic rings. The van der Waals surface area contributed by atoms with E-state index in [-0.39, 0.29) is 25.0 Å². The Morgan fingerprint density at radius 3 is 2.33 bits per heavy atom. The molecule has 15 atom stereocenters. The van der Waals surface area contributed by atoms with Gasteiger partial charge >= 0.3 is 5.97 Å². The van der Waals surface area contributed by atoms with E-state index in [9.17, 15) is 25.2 Å². The highest BCUT2D eigenvalue weighted by Crippen LogP contribution is 2.80. The molecule has 4 N–H and O–H groups in total. The van der Waals surface area contributed by atoms with Gasteiger partial charge in [0.25, 0.3) is 0 Å². The first-order chi connectivity index (χ1) is 20.0. The fourth-order valence-corrected chi connectivity index (χ4v) is 11.8. The van der Waals surface area contributed by atoms with E-state index in [4.69, 9.17) is 23.7 Å². The average Bonchev–Trinajstić information content (AvgIpc) is 3.37. The van der Waals surface area contributed by atoms with Crippen LogP contribution in [0.25, 0.3) is 0 Å². The number of aliphatic hydroxyl groups excluding tert-OH is 2. The third-order valence-electron chi connectivity index (χ3n) is 12.6. The molecule has 1 heterocycles. The maximum atomic E-state index is 13.5. The maximum absolute atomic E-state index is 13.5. The number of piperidine rings is 1. The van der Waals surface area contributed by atoms with E-state index in [1.165, 1.54) is 7.11 Å². The number of benzene rings is 1. The summed E-state index contributed by atoms with van der Waals surface area (Å²) in [5, 5.41) is 49.4. The van der Waals surface area contributed by atoms with Crippen LogP contribution in [0.4, 0.5) is 0 Å². The Bertz CT molecular complexity index is 1240. The Labute approximate surface area is 245 Å². The third-order valence-corrected chi connectivity index (χ3v) is 12.6. The van der Waals surface area contributed by atoms with Gasteiger partial charge in [-0.05, 0) is 31.5 Å². The second kappa shape index (κ2) is 9.42. The molecule has 11 heteroatoms. The second-order valence-corrected chi connectivity index (χ2v) is 13.7. The minimum Gasteiger partial charge on any atom is -0.455 e. The monoisotopic (exact) mass is 589 g/mol. The minimum absolute atomic E-state index is 0.102. The van der Waals surface area contributed by atoms with Crippen LogP contribution >= 0.6 is 0 Å². The number of aliphatic hydroxyl groups is 4. The molecule has 1 aromatic carbocycles. The predicted octanol–water partition coefficient (Wildman–Crippen LogP) is -0.313. The fraction of sp³-hybridized carbons (Fsp3) is 0.774. The number of nitrogens with zero attached hydrogens (tertiary/aromatic N) is 1. The molecule has 0 unspecified atom stereocenters. The van der Waals surface area contributed by atoms with E-state index in [0.717, 1.165) is 0 Å². The number of hydrogen-bond acceptors (Lipinski definition) is 11. The van der Waals surface area contributed by atoms with Crippen LogP contribution in [0.2, 0.25) is 0 Å². The summed E-state index contributed by atoms with van der Waals surface area (Å²) < 4.78 is 30.3. The van der Waals surface area contributed by atoms with Crippen molar-refractivity contribution in [2.75, 3.05) is 48.6 Å². The number of methoxy groups -OCH3 is 4. The van der Waals surface area contributed by atoms with Crippen LogP contribution in [0.3, 0.4) is 0 Å². The molecule has 0 radical (unpaired) electrons. The van der Waals surface area contributed by atoms with Crippen LogP contribution in [0.15, 0.2) is 30.3 Å².